The highest BCUT2D eigenvalue weighted by atomic mass is 32.1. The Morgan fingerprint density at radius 2 is 1.95 bits per heavy atom. The first-order chi connectivity index (χ1) is 10.2. The van der Waals surface area contributed by atoms with E-state index < -0.39 is 0 Å². The summed E-state index contributed by atoms with van der Waals surface area (Å²) in [5, 5.41) is 5.44. The topological polar surface area (TPSA) is 29.1 Å². The predicted octanol–water partition coefficient (Wildman–Crippen LogP) is 4.57. The van der Waals surface area contributed by atoms with Gasteiger partial charge in [-0.1, -0.05) is 33.1 Å². The SMILES string of the molecule is C[C@@H]1[C@H](C)CCC[C@H]1NC(=O)c1csc2c1CCCCC2. The lowest BCUT2D eigenvalue weighted by Crippen LogP contribution is -2.43. The van der Waals surface area contributed by atoms with Gasteiger partial charge in [-0.3, -0.25) is 4.79 Å². The first-order valence-corrected chi connectivity index (χ1v) is 9.45. The second kappa shape index (κ2) is 6.51. The van der Waals surface area contributed by atoms with Crippen LogP contribution in [0.15, 0.2) is 5.38 Å². The number of carbonyl (C=O) groups is 1. The third kappa shape index (κ3) is 3.18. The Morgan fingerprint density at radius 1 is 1.14 bits per heavy atom. The molecule has 0 spiro atoms. The van der Waals surface area contributed by atoms with Crippen LogP contribution in [-0.4, -0.2) is 11.9 Å². The minimum atomic E-state index is 0.181. The summed E-state index contributed by atoms with van der Waals surface area (Å²) in [6.07, 6.45) is 9.79. The van der Waals surface area contributed by atoms with E-state index in [1.54, 1.807) is 11.3 Å². The van der Waals surface area contributed by atoms with Crippen molar-refractivity contribution in [2.24, 2.45) is 11.8 Å². The summed E-state index contributed by atoms with van der Waals surface area (Å²) in [4.78, 5) is 14.2. The average molecular weight is 305 g/mol. The number of aryl methyl sites for hydroxylation is 1. The highest BCUT2D eigenvalue weighted by molar-refractivity contribution is 7.10. The maximum absolute atomic E-state index is 12.7. The summed E-state index contributed by atoms with van der Waals surface area (Å²) in [6.45, 7) is 4.61. The summed E-state index contributed by atoms with van der Waals surface area (Å²) in [5.74, 6) is 1.50. The van der Waals surface area contributed by atoms with Gasteiger partial charge < -0.3 is 5.32 Å². The van der Waals surface area contributed by atoms with Crippen molar-refractivity contribution < 1.29 is 4.79 Å². The Kier molecular flexibility index (Phi) is 4.68. The Labute approximate surface area is 132 Å². The van der Waals surface area contributed by atoms with Gasteiger partial charge in [0, 0.05) is 16.3 Å². The molecule has 0 aromatic carbocycles. The van der Waals surface area contributed by atoms with Crippen molar-refractivity contribution in [3.8, 4) is 0 Å². The van der Waals surface area contributed by atoms with Crippen LogP contribution in [0.3, 0.4) is 0 Å². The number of rotatable bonds is 2. The van der Waals surface area contributed by atoms with Gasteiger partial charge >= 0.3 is 0 Å². The summed E-state index contributed by atoms with van der Waals surface area (Å²) in [6, 6.07) is 0.363. The molecule has 1 fully saturated rings. The highest BCUT2D eigenvalue weighted by Gasteiger charge is 2.29. The molecule has 1 heterocycles. The van der Waals surface area contributed by atoms with Crippen molar-refractivity contribution in [1.29, 1.82) is 0 Å². The molecule has 1 aromatic heterocycles. The van der Waals surface area contributed by atoms with E-state index >= 15 is 0 Å². The molecule has 1 amide bonds. The smallest absolute Gasteiger partial charge is 0.252 e. The molecule has 2 aliphatic carbocycles. The van der Waals surface area contributed by atoms with Crippen LogP contribution in [0.25, 0.3) is 0 Å². The number of thiophene rings is 1. The van der Waals surface area contributed by atoms with Crippen molar-refractivity contribution >= 4 is 17.2 Å². The zero-order chi connectivity index (χ0) is 14.8. The van der Waals surface area contributed by atoms with E-state index in [0.717, 1.165) is 24.3 Å². The van der Waals surface area contributed by atoms with Crippen LogP contribution in [0, 0.1) is 11.8 Å². The summed E-state index contributed by atoms with van der Waals surface area (Å²) in [7, 11) is 0. The first kappa shape index (κ1) is 15.1. The first-order valence-electron chi connectivity index (χ1n) is 8.57. The Balaban J connectivity index is 1.72. The standard InChI is InChI=1S/C18H27NOS/c1-12-7-6-9-16(13(12)2)19-18(20)15-11-21-17-10-5-3-4-8-14(15)17/h11-13,16H,3-10H2,1-2H3,(H,19,20)/t12-,13-,16-/m1/s1. The van der Waals surface area contributed by atoms with Gasteiger partial charge in [0.2, 0.25) is 0 Å². The van der Waals surface area contributed by atoms with E-state index in [1.807, 2.05) is 0 Å². The molecule has 2 nitrogen and oxygen atoms in total. The number of hydrogen-bond donors (Lipinski definition) is 1. The monoisotopic (exact) mass is 305 g/mol. The Hall–Kier alpha value is -0.830. The molecule has 3 atom stereocenters. The Bertz CT molecular complexity index is 507. The Morgan fingerprint density at radius 3 is 2.81 bits per heavy atom. The second-order valence-electron chi connectivity index (χ2n) is 6.96. The van der Waals surface area contributed by atoms with Gasteiger partial charge in [-0.05, 0) is 49.5 Å². The molecule has 1 aromatic rings. The lowest BCUT2D eigenvalue weighted by Gasteiger charge is -2.34. The maximum atomic E-state index is 12.7. The molecular formula is C18H27NOS. The second-order valence-corrected chi connectivity index (χ2v) is 7.92. The number of amides is 1. The summed E-state index contributed by atoms with van der Waals surface area (Å²) >= 11 is 1.80. The van der Waals surface area contributed by atoms with E-state index in [-0.39, 0.29) is 5.91 Å². The number of carbonyl (C=O) groups excluding carboxylic acids is 1. The van der Waals surface area contributed by atoms with Crippen LogP contribution in [0.2, 0.25) is 0 Å². The van der Waals surface area contributed by atoms with Gasteiger partial charge in [-0.15, -0.1) is 11.3 Å². The molecule has 116 valence electrons. The zero-order valence-corrected chi connectivity index (χ0v) is 14.1. The lowest BCUT2D eigenvalue weighted by molar-refractivity contribution is 0.0890. The average Bonchev–Trinajstić information content (AvgIpc) is 2.73. The minimum Gasteiger partial charge on any atom is -0.349 e. The molecule has 2 aliphatic rings. The van der Waals surface area contributed by atoms with Crippen LogP contribution < -0.4 is 5.32 Å². The van der Waals surface area contributed by atoms with Gasteiger partial charge in [0.25, 0.3) is 5.91 Å². The molecule has 0 unspecified atom stereocenters. The minimum absolute atomic E-state index is 0.181. The van der Waals surface area contributed by atoms with E-state index in [9.17, 15) is 4.79 Å². The number of nitrogens with one attached hydrogen (secondary N) is 1. The molecule has 1 N–H and O–H groups in total. The van der Waals surface area contributed by atoms with Crippen LogP contribution in [-0.2, 0) is 12.8 Å². The van der Waals surface area contributed by atoms with Crippen LogP contribution >= 0.6 is 11.3 Å². The molecule has 3 rings (SSSR count). The molecular weight excluding hydrogens is 278 g/mol. The summed E-state index contributed by atoms with van der Waals surface area (Å²) in [5.41, 5.74) is 2.33. The van der Waals surface area contributed by atoms with Crippen molar-refractivity contribution in [1.82, 2.24) is 5.32 Å². The van der Waals surface area contributed by atoms with E-state index in [0.29, 0.717) is 12.0 Å². The van der Waals surface area contributed by atoms with Crippen molar-refractivity contribution in [3.05, 3.63) is 21.4 Å². The molecule has 1 saturated carbocycles. The van der Waals surface area contributed by atoms with Crippen LogP contribution in [0.5, 0.6) is 0 Å². The van der Waals surface area contributed by atoms with Crippen LogP contribution in [0.4, 0.5) is 0 Å². The van der Waals surface area contributed by atoms with Gasteiger partial charge in [0.1, 0.15) is 0 Å². The van der Waals surface area contributed by atoms with Gasteiger partial charge in [0.05, 0.1) is 5.56 Å². The fourth-order valence-corrected chi connectivity index (χ4v) is 5.02. The van der Waals surface area contributed by atoms with Gasteiger partial charge in [-0.2, -0.15) is 0 Å². The number of fused-ring (bicyclic) bond motifs is 1. The van der Waals surface area contributed by atoms with Crippen molar-refractivity contribution in [3.63, 3.8) is 0 Å². The highest BCUT2D eigenvalue weighted by Crippen LogP contribution is 2.32. The van der Waals surface area contributed by atoms with Gasteiger partial charge in [-0.25, -0.2) is 0 Å². The van der Waals surface area contributed by atoms with E-state index in [1.165, 1.54) is 49.0 Å². The molecule has 0 bridgehead atoms. The fourth-order valence-electron chi connectivity index (χ4n) is 3.89. The normalized spacial score (nSPS) is 29.5. The third-order valence-electron chi connectivity index (χ3n) is 5.58. The van der Waals surface area contributed by atoms with E-state index in [4.69, 9.17) is 0 Å². The zero-order valence-electron chi connectivity index (χ0n) is 13.3. The van der Waals surface area contributed by atoms with Crippen molar-refractivity contribution in [2.45, 2.75) is 71.3 Å². The predicted molar refractivity (Wildman–Crippen MR) is 89.0 cm³/mol. The largest absolute Gasteiger partial charge is 0.349 e. The maximum Gasteiger partial charge on any atom is 0.252 e. The molecule has 0 aliphatic heterocycles. The summed E-state index contributed by atoms with van der Waals surface area (Å²) < 4.78 is 0. The fraction of sp³-hybridized carbons (Fsp3) is 0.722. The van der Waals surface area contributed by atoms with Crippen LogP contribution in [0.1, 0.15) is 73.2 Å². The lowest BCUT2D eigenvalue weighted by atomic mass is 9.78. The van der Waals surface area contributed by atoms with Gasteiger partial charge in [0.15, 0.2) is 0 Å². The number of hydrogen-bond acceptors (Lipinski definition) is 2. The van der Waals surface area contributed by atoms with E-state index in [2.05, 4.69) is 24.5 Å². The quantitative estimate of drug-likeness (QED) is 0.797. The molecule has 3 heteroatoms. The molecule has 0 radical (unpaired) electrons. The molecule has 0 saturated heterocycles. The van der Waals surface area contributed by atoms with Crippen molar-refractivity contribution in [2.75, 3.05) is 0 Å². The third-order valence-corrected chi connectivity index (χ3v) is 6.67. The molecule has 21 heavy (non-hydrogen) atoms.